The van der Waals surface area contributed by atoms with Crippen LogP contribution in [0.15, 0.2) is 0 Å². The fourth-order valence-corrected chi connectivity index (χ4v) is 0.835. The van der Waals surface area contributed by atoms with E-state index in [0.717, 1.165) is 0 Å². The molecule has 0 unspecified atom stereocenters. The van der Waals surface area contributed by atoms with Crippen molar-refractivity contribution in [2.75, 3.05) is 6.61 Å². The van der Waals surface area contributed by atoms with Crippen molar-refractivity contribution in [1.82, 2.24) is 0 Å². The Morgan fingerprint density at radius 1 is 1.11 bits per heavy atom. The van der Waals surface area contributed by atoms with Gasteiger partial charge >= 0.3 is 24.0 Å². The quantitative estimate of drug-likeness (QED) is 0.479. The SMILES string of the molecule is CCOC(=O)CC(=N)C(F)(F)C(F)(F)C(F)(F)F. The number of ether oxygens (including phenoxy) is 1. The van der Waals surface area contributed by atoms with Gasteiger partial charge < -0.3 is 10.1 Å². The van der Waals surface area contributed by atoms with Crippen molar-refractivity contribution < 1.29 is 40.3 Å². The second kappa shape index (κ2) is 5.11. The summed E-state index contributed by atoms with van der Waals surface area (Å²) >= 11 is 0. The lowest BCUT2D eigenvalue weighted by Crippen LogP contribution is -2.56. The highest BCUT2D eigenvalue weighted by Gasteiger charge is 2.74. The molecule has 0 aromatic heterocycles. The summed E-state index contributed by atoms with van der Waals surface area (Å²) < 4.78 is 89.7. The summed E-state index contributed by atoms with van der Waals surface area (Å²) in [6.07, 6.45) is -8.18. The van der Waals surface area contributed by atoms with Crippen molar-refractivity contribution in [3.63, 3.8) is 0 Å². The highest BCUT2D eigenvalue weighted by molar-refractivity contribution is 6.01. The van der Waals surface area contributed by atoms with Crippen LogP contribution in [0.5, 0.6) is 0 Å². The van der Waals surface area contributed by atoms with Crippen LogP contribution < -0.4 is 0 Å². The molecule has 18 heavy (non-hydrogen) atoms. The van der Waals surface area contributed by atoms with Crippen LogP contribution in [0.2, 0.25) is 0 Å². The van der Waals surface area contributed by atoms with Crippen molar-refractivity contribution in [1.29, 1.82) is 5.41 Å². The van der Waals surface area contributed by atoms with Crippen LogP contribution in [-0.4, -0.2) is 36.3 Å². The number of hydrogen-bond acceptors (Lipinski definition) is 3. The van der Waals surface area contributed by atoms with E-state index < -0.39 is 36.1 Å². The van der Waals surface area contributed by atoms with Gasteiger partial charge in [-0.3, -0.25) is 4.79 Å². The van der Waals surface area contributed by atoms with Gasteiger partial charge in [0, 0.05) is 0 Å². The largest absolute Gasteiger partial charge is 0.466 e. The molecule has 0 saturated carbocycles. The Hall–Kier alpha value is -1.35. The van der Waals surface area contributed by atoms with Crippen molar-refractivity contribution >= 4 is 11.7 Å². The van der Waals surface area contributed by atoms with E-state index in [1.54, 1.807) is 0 Å². The van der Waals surface area contributed by atoms with Gasteiger partial charge in [0.1, 0.15) is 0 Å². The van der Waals surface area contributed by atoms with Gasteiger partial charge in [-0.25, -0.2) is 0 Å². The van der Waals surface area contributed by atoms with Gasteiger partial charge in [-0.05, 0) is 6.92 Å². The van der Waals surface area contributed by atoms with Gasteiger partial charge in [-0.1, -0.05) is 0 Å². The summed E-state index contributed by atoms with van der Waals surface area (Å²) in [5.74, 6) is -13.7. The molecular formula is C8H8F7NO2. The molecule has 0 heterocycles. The molecule has 0 radical (unpaired) electrons. The van der Waals surface area contributed by atoms with E-state index in [1.807, 2.05) is 0 Å². The van der Waals surface area contributed by atoms with E-state index in [-0.39, 0.29) is 6.61 Å². The van der Waals surface area contributed by atoms with E-state index in [2.05, 4.69) is 4.74 Å². The zero-order valence-corrected chi connectivity index (χ0v) is 8.88. The number of halogens is 7. The van der Waals surface area contributed by atoms with Gasteiger partial charge in [0.05, 0.1) is 18.7 Å². The fraction of sp³-hybridized carbons (Fsp3) is 0.750. The summed E-state index contributed by atoms with van der Waals surface area (Å²) in [6.45, 7) is 0.983. The van der Waals surface area contributed by atoms with Gasteiger partial charge in [0.15, 0.2) is 0 Å². The lowest BCUT2D eigenvalue weighted by Gasteiger charge is -2.28. The number of hydrogen-bond donors (Lipinski definition) is 1. The average molecular weight is 283 g/mol. The third kappa shape index (κ3) is 3.10. The maximum Gasteiger partial charge on any atom is 0.460 e. The van der Waals surface area contributed by atoms with Crippen LogP contribution in [0.4, 0.5) is 30.7 Å². The predicted molar refractivity (Wildman–Crippen MR) is 44.9 cm³/mol. The van der Waals surface area contributed by atoms with Crippen molar-refractivity contribution in [3.8, 4) is 0 Å². The van der Waals surface area contributed by atoms with Crippen LogP contribution in [-0.2, 0) is 9.53 Å². The number of carbonyl (C=O) groups is 1. The molecule has 0 aliphatic carbocycles. The highest BCUT2D eigenvalue weighted by Crippen LogP contribution is 2.47. The van der Waals surface area contributed by atoms with Gasteiger partial charge in [0.25, 0.3) is 0 Å². The number of nitrogens with one attached hydrogen (secondary N) is 1. The Morgan fingerprint density at radius 2 is 1.56 bits per heavy atom. The average Bonchev–Trinajstić information content (AvgIpc) is 2.15. The second-order valence-corrected chi connectivity index (χ2v) is 3.11. The molecule has 0 amide bonds. The molecule has 106 valence electrons. The van der Waals surface area contributed by atoms with E-state index in [1.165, 1.54) is 6.92 Å². The molecular weight excluding hydrogens is 275 g/mol. The molecule has 0 spiro atoms. The summed E-state index contributed by atoms with van der Waals surface area (Å²) in [7, 11) is 0. The van der Waals surface area contributed by atoms with Crippen LogP contribution in [0.25, 0.3) is 0 Å². The summed E-state index contributed by atoms with van der Waals surface area (Å²) in [6, 6.07) is 0. The Morgan fingerprint density at radius 3 is 1.89 bits per heavy atom. The first-order chi connectivity index (χ1) is 7.88. The van der Waals surface area contributed by atoms with E-state index in [9.17, 15) is 35.5 Å². The molecule has 0 bridgehead atoms. The Labute approximate surface area is 96.4 Å². The molecule has 0 aromatic rings. The van der Waals surface area contributed by atoms with E-state index >= 15 is 0 Å². The van der Waals surface area contributed by atoms with Crippen molar-refractivity contribution in [2.24, 2.45) is 0 Å². The third-order valence-corrected chi connectivity index (χ3v) is 1.76. The fourth-order valence-electron chi connectivity index (χ4n) is 0.835. The summed E-state index contributed by atoms with van der Waals surface area (Å²) in [5.41, 5.74) is -2.36. The second-order valence-electron chi connectivity index (χ2n) is 3.11. The van der Waals surface area contributed by atoms with Gasteiger partial charge in [-0.2, -0.15) is 30.7 Å². The van der Waals surface area contributed by atoms with Crippen LogP contribution in [0.3, 0.4) is 0 Å². The normalized spacial score (nSPS) is 13.3. The van der Waals surface area contributed by atoms with Crippen LogP contribution in [0, 0.1) is 5.41 Å². The zero-order valence-electron chi connectivity index (χ0n) is 8.88. The molecule has 1 N–H and O–H groups in total. The monoisotopic (exact) mass is 283 g/mol. The predicted octanol–water partition coefficient (Wildman–Crippen LogP) is 2.79. The van der Waals surface area contributed by atoms with Crippen LogP contribution in [0.1, 0.15) is 13.3 Å². The molecule has 0 aromatic carbocycles. The Kier molecular flexibility index (Phi) is 4.72. The molecule has 0 saturated heterocycles. The third-order valence-electron chi connectivity index (χ3n) is 1.76. The molecule has 0 aliphatic rings. The lowest BCUT2D eigenvalue weighted by molar-refractivity contribution is -0.336. The minimum atomic E-state index is -6.53. The molecule has 10 heteroatoms. The standard InChI is InChI=1S/C8H8F7NO2/c1-2-18-5(17)3-4(16)6(9,10)7(11,12)8(13,14)15/h16H,2-3H2,1H3. The molecule has 0 fully saturated rings. The first kappa shape index (κ1) is 16.6. The smallest absolute Gasteiger partial charge is 0.460 e. The molecule has 0 rings (SSSR count). The number of rotatable bonds is 5. The van der Waals surface area contributed by atoms with Gasteiger partial charge in [-0.15, -0.1) is 0 Å². The number of carbonyl (C=O) groups excluding carboxylic acids is 1. The van der Waals surface area contributed by atoms with Gasteiger partial charge in [0.2, 0.25) is 0 Å². The molecule has 3 nitrogen and oxygen atoms in total. The number of esters is 1. The highest BCUT2D eigenvalue weighted by atomic mass is 19.4. The van der Waals surface area contributed by atoms with Crippen molar-refractivity contribution in [3.05, 3.63) is 0 Å². The first-order valence-corrected chi connectivity index (χ1v) is 4.43. The molecule has 0 aliphatic heterocycles. The zero-order chi connectivity index (χ0) is 14.8. The maximum atomic E-state index is 12.8. The van der Waals surface area contributed by atoms with Crippen LogP contribution >= 0.6 is 0 Å². The Bertz CT molecular complexity index is 337. The minimum absolute atomic E-state index is 0.284. The summed E-state index contributed by atoms with van der Waals surface area (Å²) in [5, 5.41) is 6.51. The first-order valence-electron chi connectivity index (χ1n) is 4.43. The maximum absolute atomic E-state index is 12.8. The Balaban J connectivity index is 5.04. The topological polar surface area (TPSA) is 50.2 Å². The molecule has 0 atom stereocenters. The minimum Gasteiger partial charge on any atom is -0.466 e. The number of alkyl halides is 7. The van der Waals surface area contributed by atoms with E-state index in [0.29, 0.717) is 0 Å². The van der Waals surface area contributed by atoms with Crippen molar-refractivity contribution in [2.45, 2.75) is 31.4 Å². The van der Waals surface area contributed by atoms with E-state index in [4.69, 9.17) is 5.41 Å². The lowest BCUT2D eigenvalue weighted by atomic mass is 10.0. The summed E-state index contributed by atoms with van der Waals surface area (Å²) in [4.78, 5) is 10.7.